The van der Waals surface area contributed by atoms with Gasteiger partial charge in [0.1, 0.15) is 0 Å². The zero-order valence-electron chi connectivity index (χ0n) is 12.4. The normalized spacial score (nSPS) is 15.8. The second-order valence-electron chi connectivity index (χ2n) is 5.22. The summed E-state index contributed by atoms with van der Waals surface area (Å²) in [5.41, 5.74) is 0.676. The molecule has 0 unspecified atom stereocenters. The molecule has 5 nitrogen and oxygen atoms in total. The van der Waals surface area contributed by atoms with Crippen LogP contribution in [0, 0.1) is 18.3 Å². The Kier molecular flexibility index (Phi) is 6.28. The molecule has 1 aliphatic carbocycles. The van der Waals surface area contributed by atoms with Crippen molar-refractivity contribution in [1.29, 1.82) is 0 Å². The number of hydrogen-bond acceptors (Lipinski definition) is 4. The minimum atomic E-state index is -0.885. The maximum Gasteiger partial charge on any atom is 0.414 e. The lowest BCUT2D eigenvalue weighted by atomic mass is 10.1. The van der Waals surface area contributed by atoms with E-state index in [-0.39, 0.29) is 17.8 Å². The highest BCUT2D eigenvalue weighted by Crippen LogP contribution is 2.12. The number of ether oxygens (including phenoxy) is 2. The van der Waals surface area contributed by atoms with E-state index in [1.165, 1.54) is 0 Å². The van der Waals surface area contributed by atoms with Gasteiger partial charge in [0, 0.05) is 11.6 Å². The predicted molar refractivity (Wildman–Crippen MR) is 75.3 cm³/mol. The van der Waals surface area contributed by atoms with E-state index < -0.39 is 12.4 Å². The molecule has 0 saturated heterocycles. The number of hydrogen-bond donors (Lipinski definition) is 1. The van der Waals surface area contributed by atoms with Gasteiger partial charge >= 0.3 is 12.1 Å². The second kappa shape index (κ2) is 7.72. The summed E-state index contributed by atoms with van der Waals surface area (Å²) in [5.74, 6) is -0.766. The molecule has 1 amide bonds. The van der Waals surface area contributed by atoms with Crippen LogP contribution in [0.3, 0.4) is 0 Å². The van der Waals surface area contributed by atoms with Gasteiger partial charge in [0.2, 0.25) is 0 Å². The number of amides is 1. The molecule has 0 bridgehead atoms. The Balaban J connectivity index is 2.52. The number of rotatable bonds is 5. The van der Waals surface area contributed by atoms with Crippen LogP contribution in [0.5, 0.6) is 0 Å². The largest absolute Gasteiger partial charge is 0.425 e. The Morgan fingerprint density at radius 3 is 2.40 bits per heavy atom. The fourth-order valence-electron chi connectivity index (χ4n) is 1.41. The highest BCUT2D eigenvalue weighted by Gasteiger charge is 2.24. The Labute approximate surface area is 120 Å². The summed E-state index contributed by atoms with van der Waals surface area (Å²) in [6.07, 6.45) is 6.72. The van der Waals surface area contributed by atoms with Gasteiger partial charge in [-0.05, 0) is 18.9 Å². The highest BCUT2D eigenvalue weighted by molar-refractivity contribution is 5.73. The van der Waals surface area contributed by atoms with Crippen LogP contribution in [-0.4, -0.2) is 18.4 Å². The fourth-order valence-corrected chi connectivity index (χ4v) is 1.41. The molecule has 0 saturated carbocycles. The Morgan fingerprint density at radius 2 is 1.90 bits per heavy atom. The van der Waals surface area contributed by atoms with Gasteiger partial charge < -0.3 is 9.47 Å². The van der Waals surface area contributed by atoms with Gasteiger partial charge in [-0.15, -0.1) is 0 Å². The molecule has 1 atom stereocenters. The third-order valence-corrected chi connectivity index (χ3v) is 2.60. The van der Waals surface area contributed by atoms with Crippen LogP contribution < -0.4 is 5.32 Å². The maximum absolute atomic E-state index is 11.8. The van der Waals surface area contributed by atoms with Crippen molar-refractivity contribution in [1.82, 2.24) is 5.32 Å². The zero-order chi connectivity index (χ0) is 15.1. The smallest absolute Gasteiger partial charge is 0.414 e. The van der Waals surface area contributed by atoms with Crippen molar-refractivity contribution in [2.75, 3.05) is 0 Å². The number of allylic oxidation sites excluding steroid dienone is 3. The summed E-state index contributed by atoms with van der Waals surface area (Å²) in [6, 6.07) is 0. The third kappa shape index (κ3) is 5.47. The molecule has 0 aromatic rings. The van der Waals surface area contributed by atoms with Crippen molar-refractivity contribution >= 4 is 12.1 Å². The average Bonchev–Trinajstić information content (AvgIpc) is 2.38. The van der Waals surface area contributed by atoms with Crippen LogP contribution in [0.2, 0.25) is 0 Å². The molecule has 0 fully saturated rings. The van der Waals surface area contributed by atoms with E-state index in [4.69, 9.17) is 9.47 Å². The van der Waals surface area contributed by atoms with E-state index in [9.17, 15) is 9.59 Å². The molecule has 0 aliphatic heterocycles. The van der Waals surface area contributed by atoms with E-state index in [2.05, 4.69) is 5.32 Å². The first kappa shape index (κ1) is 16.3. The van der Waals surface area contributed by atoms with Gasteiger partial charge in [0.05, 0.1) is 5.92 Å². The zero-order valence-corrected chi connectivity index (χ0v) is 12.4. The van der Waals surface area contributed by atoms with Crippen LogP contribution in [-0.2, 0) is 14.3 Å². The Bertz CT molecular complexity index is 410. The minimum absolute atomic E-state index is 0.118. The van der Waals surface area contributed by atoms with Crippen LogP contribution in [0.25, 0.3) is 0 Å². The topological polar surface area (TPSA) is 64.6 Å². The summed E-state index contributed by atoms with van der Waals surface area (Å²) in [5, 5.41) is 2.61. The van der Waals surface area contributed by atoms with Crippen LogP contribution >= 0.6 is 0 Å². The summed E-state index contributed by atoms with van der Waals surface area (Å²) in [4.78, 5) is 23.3. The van der Waals surface area contributed by atoms with E-state index in [1.54, 1.807) is 19.9 Å². The lowest BCUT2D eigenvalue weighted by Gasteiger charge is -2.22. The summed E-state index contributed by atoms with van der Waals surface area (Å²) >= 11 is 0. The molecule has 0 aromatic heterocycles. The van der Waals surface area contributed by atoms with E-state index >= 15 is 0 Å². The molecule has 111 valence electrons. The van der Waals surface area contributed by atoms with E-state index in [1.807, 2.05) is 32.4 Å². The number of nitrogens with one attached hydrogen (secondary N) is 1. The highest BCUT2D eigenvalue weighted by atomic mass is 16.7. The van der Waals surface area contributed by atoms with Crippen molar-refractivity contribution in [2.24, 2.45) is 11.8 Å². The second-order valence-corrected chi connectivity index (χ2v) is 5.22. The van der Waals surface area contributed by atoms with Crippen LogP contribution in [0.4, 0.5) is 4.79 Å². The molecule has 20 heavy (non-hydrogen) atoms. The molecule has 0 heterocycles. The first-order valence-corrected chi connectivity index (χ1v) is 6.78. The quantitative estimate of drug-likeness (QED) is 0.621. The predicted octanol–water partition coefficient (Wildman–Crippen LogP) is 2.94. The molecule has 5 heteroatoms. The Morgan fingerprint density at radius 1 is 1.20 bits per heavy atom. The van der Waals surface area contributed by atoms with Gasteiger partial charge in [-0.25, -0.2) is 4.79 Å². The molecule has 1 radical (unpaired) electrons. The van der Waals surface area contributed by atoms with Gasteiger partial charge in [0.25, 0.3) is 6.29 Å². The molecule has 1 aliphatic rings. The van der Waals surface area contributed by atoms with Crippen molar-refractivity contribution in [3.8, 4) is 0 Å². The SMILES string of the molecule is CC(C)C(=O)O[C@@H](OC(=O)NC1=CC[CH]C=C1)C(C)C. The van der Waals surface area contributed by atoms with Gasteiger partial charge in [-0.2, -0.15) is 0 Å². The standard InChI is InChI=1S/C15H22NO4/c1-10(2)13(17)19-14(11(3)4)20-15(18)16-12-8-6-5-7-9-12/h5-6,8-11,14H,7H2,1-4H3,(H,16,18)/t14-/m0/s1. The number of carbonyl (C=O) groups excluding carboxylic acids is 2. The summed E-state index contributed by atoms with van der Waals surface area (Å²) in [6.45, 7) is 7.10. The van der Waals surface area contributed by atoms with Gasteiger partial charge in [0.15, 0.2) is 0 Å². The van der Waals surface area contributed by atoms with Gasteiger partial charge in [-0.1, -0.05) is 39.8 Å². The third-order valence-electron chi connectivity index (χ3n) is 2.60. The van der Waals surface area contributed by atoms with Gasteiger partial charge in [-0.3, -0.25) is 10.1 Å². The monoisotopic (exact) mass is 280 g/mol. The molecular formula is C15H22NO4. The van der Waals surface area contributed by atoms with Crippen LogP contribution in [0.15, 0.2) is 23.9 Å². The number of carbonyl (C=O) groups is 2. The lowest BCUT2D eigenvalue weighted by Crippen LogP contribution is -2.35. The molecule has 0 spiro atoms. The van der Waals surface area contributed by atoms with Crippen molar-refractivity contribution in [3.63, 3.8) is 0 Å². The molecular weight excluding hydrogens is 258 g/mol. The average molecular weight is 280 g/mol. The number of esters is 1. The van der Waals surface area contributed by atoms with Crippen LogP contribution in [0.1, 0.15) is 34.1 Å². The first-order valence-electron chi connectivity index (χ1n) is 6.78. The van der Waals surface area contributed by atoms with Crippen molar-refractivity contribution in [2.45, 2.75) is 40.4 Å². The van der Waals surface area contributed by atoms with Crippen molar-refractivity contribution < 1.29 is 19.1 Å². The fraction of sp³-hybridized carbons (Fsp3) is 0.533. The molecule has 1 rings (SSSR count). The lowest BCUT2D eigenvalue weighted by molar-refractivity contribution is -0.178. The van der Waals surface area contributed by atoms with E-state index in [0.29, 0.717) is 5.70 Å². The Hall–Kier alpha value is -1.78. The first-order chi connectivity index (χ1) is 9.40. The minimum Gasteiger partial charge on any atom is -0.425 e. The summed E-state index contributed by atoms with van der Waals surface area (Å²) in [7, 11) is 0. The van der Waals surface area contributed by atoms with Crippen molar-refractivity contribution in [3.05, 3.63) is 30.3 Å². The van der Waals surface area contributed by atoms with E-state index in [0.717, 1.165) is 6.42 Å². The summed E-state index contributed by atoms with van der Waals surface area (Å²) < 4.78 is 10.3. The number of alkyl carbamates (subject to hydrolysis) is 1. The molecule has 1 N–H and O–H groups in total. The maximum atomic E-state index is 11.8. The molecule has 0 aromatic carbocycles.